The SMILES string of the molecule is CCCNC(C)c1cnc(COc2ccccc2)s1. The van der Waals surface area contributed by atoms with Crippen LogP contribution in [0.2, 0.25) is 0 Å². The highest BCUT2D eigenvalue weighted by Gasteiger charge is 2.09. The molecule has 1 atom stereocenters. The van der Waals surface area contributed by atoms with Crippen molar-refractivity contribution in [3.05, 3.63) is 46.4 Å². The van der Waals surface area contributed by atoms with Crippen molar-refractivity contribution in [1.82, 2.24) is 10.3 Å². The molecule has 0 radical (unpaired) electrons. The molecule has 102 valence electrons. The number of thiazole rings is 1. The van der Waals surface area contributed by atoms with Crippen LogP contribution in [0.3, 0.4) is 0 Å². The van der Waals surface area contributed by atoms with Crippen LogP contribution in [-0.2, 0) is 6.61 Å². The fourth-order valence-electron chi connectivity index (χ4n) is 1.71. The molecule has 4 heteroatoms. The maximum Gasteiger partial charge on any atom is 0.140 e. The number of nitrogens with zero attached hydrogens (tertiary/aromatic N) is 1. The summed E-state index contributed by atoms with van der Waals surface area (Å²) in [5.74, 6) is 0.886. The van der Waals surface area contributed by atoms with E-state index in [-0.39, 0.29) is 0 Å². The molecule has 0 aliphatic heterocycles. The molecular weight excluding hydrogens is 256 g/mol. The predicted molar refractivity (Wildman–Crippen MR) is 79.6 cm³/mol. The largest absolute Gasteiger partial charge is 0.486 e. The number of hydrogen-bond acceptors (Lipinski definition) is 4. The fraction of sp³-hybridized carbons (Fsp3) is 0.400. The topological polar surface area (TPSA) is 34.2 Å². The second-order valence-electron chi connectivity index (χ2n) is 4.43. The van der Waals surface area contributed by atoms with Gasteiger partial charge in [0.25, 0.3) is 0 Å². The Morgan fingerprint density at radius 1 is 1.32 bits per heavy atom. The molecule has 0 saturated heterocycles. The van der Waals surface area contributed by atoms with Gasteiger partial charge < -0.3 is 10.1 Å². The number of para-hydroxylation sites is 1. The molecule has 0 spiro atoms. The zero-order valence-electron chi connectivity index (χ0n) is 11.4. The van der Waals surface area contributed by atoms with Crippen LogP contribution in [-0.4, -0.2) is 11.5 Å². The molecule has 3 nitrogen and oxygen atoms in total. The average Bonchev–Trinajstić information content (AvgIpc) is 2.92. The summed E-state index contributed by atoms with van der Waals surface area (Å²) in [5.41, 5.74) is 0. The second kappa shape index (κ2) is 7.26. The lowest BCUT2D eigenvalue weighted by molar-refractivity contribution is 0.305. The first-order chi connectivity index (χ1) is 9.29. The lowest BCUT2D eigenvalue weighted by Crippen LogP contribution is -2.18. The third kappa shape index (κ3) is 4.33. The van der Waals surface area contributed by atoms with Gasteiger partial charge in [0, 0.05) is 17.1 Å². The van der Waals surface area contributed by atoms with Gasteiger partial charge >= 0.3 is 0 Å². The first-order valence-electron chi connectivity index (χ1n) is 6.65. The summed E-state index contributed by atoms with van der Waals surface area (Å²) >= 11 is 1.71. The first-order valence-corrected chi connectivity index (χ1v) is 7.47. The fourth-order valence-corrected chi connectivity index (χ4v) is 2.58. The molecular formula is C15H20N2OS. The summed E-state index contributed by atoms with van der Waals surface area (Å²) in [7, 11) is 0. The Hall–Kier alpha value is -1.39. The molecule has 2 rings (SSSR count). The van der Waals surface area contributed by atoms with Crippen LogP contribution in [0.4, 0.5) is 0 Å². The van der Waals surface area contributed by atoms with E-state index in [4.69, 9.17) is 4.74 Å². The molecule has 1 aromatic carbocycles. The predicted octanol–water partition coefficient (Wildman–Crippen LogP) is 3.78. The van der Waals surface area contributed by atoms with Gasteiger partial charge in [-0.1, -0.05) is 25.1 Å². The number of ether oxygens (including phenoxy) is 1. The van der Waals surface area contributed by atoms with E-state index in [1.54, 1.807) is 11.3 Å². The first kappa shape index (κ1) is 14.0. The van der Waals surface area contributed by atoms with Gasteiger partial charge in [0.1, 0.15) is 17.4 Å². The zero-order valence-corrected chi connectivity index (χ0v) is 12.2. The van der Waals surface area contributed by atoms with Crippen molar-refractivity contribution in [2.75, 3.05) is 6.54 Å². The number of benzene rings is 1. The normalized spacial score (nSPS) is 12.3. The van der Waals surface area contributed by atoms with Crippen molar-refractivity contribution in [2.24, 2.45) is 0 Å². The minimum atomic E-state index is 0.364. The molecule has 1 N–H and O–H groups in total. The second-order valence-corrected chi connectivity index (χ2v) is 5.58. The molecule has 2 aromatic rings. The zero-order chi connectivity index (χ0) is 13.5. The molecule has 1 heterocycles. The van der Waals surface area contributed by atoms with Crippen LogP contribution in [0.1, 0.15) is 36.2 Å². The number of nitrogens with one attached hydrogen (secondary N) is 1. The molecule has 0 aliphatic rings. The Morgan fingerprint density at radius 3 is 2.84 bits per heavy atom. The molecule has 1 aromatic heterocycles. The van der Waals surface area contributed by atoms with Gasteiger partial charge in [-0.2, -0.15) is 0 Å². The van der Waals surface area contributed by atoms with Crippen molar-refractivity contribution in [1.29, 1.82) is 0 Å². The molecule has 0 fully saturated rings. The van der Waals surface area contributed by atoms with E-state index in [0.29, 0.717) is 12.6 Å². The van der Waals surface area contributed by atoms with E-state index in [1.165, 1.54) is 4.88 Å². The van der Waals surface area contributed by atoms with Crippen molar-refractivity contribution in [3.8, 4) is 5.75 Å². The van der Waals surface area contributed by atoms with Gasteiger partial charge in [-0.05, 0) is 32.0 Å². The van der Waals surface area contributed by atoms with Gasteiger partial charge in [-0.25, -0.2) is 4.98 Å². The number of rotatable bonds is 7. The third-order valence-electron chi connectivity index (χ3n) is 2.80. The van der Waals surface area contributed by atoms with Crippen LogP contribution in [0.15, 0.2) is 36.5 Å². The lowest BCUT2D eigenvalue weighted by Gasteiger charge is -2.09. The smallest absolute Gasteiger partial charge is 0.140 e. The lowest BCUT2D eigenvalue weighted by atomic mass is 10.3. The van der Waals surface area contributed by atoms with E-state index in [1.807, 2.05) is 36.5 Å². The van der Waals surface area contributed by atoms with Crippen molar-refractivity contribution in [3.63, 3.8) is 0 Å². The highest BCUT2D eigenvalue weighted by atomic mass is 32.1. The van der Waals surface area contributed by atoms with Crippen molar-refractivity contribution >= 4 is 11.3 Å². The molecule has 0 amide bonds. The van der Waals surface area contributed by atoms with Gasteiger partial charge in [-0.15, -0.1) is 11.3 Å². The van der Waals surface area contributed by atoms with Crippen LogP contribution in [0.25, 0.3) is 0 Å². The highest BCUT2D eigenvalue weighted by Crippen LogP contribution is 2.22. The standard InChI is InChI=1S/C15H20N2OS/c1-3-9-16-12(2)14-10-17-15(19-14)11-18-13-7-5-4-6-8-13/h4-8,10,12,16H,3,9,11H2,1-2H3. The Bertz CT molecular complexity index is 484. The van der Waals surface area contributed by atoms with Gasteiger partial charge in [0.15, 0.2) is 0 Å². The monoisotopic (exact) mass is 276 g/mol. The quantitative estimate of drug-likeness (QED) is 0.835. The number of hydrogen-bond donors (Lipinski definition) is 1. The van der Waals surface area contributed by atoms with Crippen LogP contribution >= 0.6 is 11.3 Å². The summed E-state index contributed by atoms with van der Waals surface area (Å²) in [4.78, 5) is 5.68. The van der Waals surface area contributed by atoms with Crippen LogP contribution in [0.5, 0.6) is 5.75 Å². The maximum absolute atomic E-state index is 5.69. The summed E-state index contributed by atoms with van der Waals surface area (Å²) in [6.45, 7) is 5.92. The maximum atomic E-state index is 5.69. The minimum Gasteiger partial charge on any atom is -0.486 e. The van der Waals surface area contributed by atoms with E-state index >= 15 is 0 Å². The van der Waals surface area contributed by atoms with E-state index < -0.39 is 0 Å². The van der Waals surface area contributed by atoms with Gasteiger partial charge in [-0.3, -0.25) is 0 Å². The molecule has 1 unspecified atom stereocenters. The minimum absolute atomic E-state index is 0.364. The number of aromatic nitrogens is 1. The highest BCUT2D eigenvalue weighted by molar-refractivity contribution is 7.11. The average molecular weight is 276 g/mol. The third-order valence-corrected chi connectivity index (χ3v) is 3.96. The van der Waals surface area contributed by atoms with Gasteiger partial charge in [0.2, 0.25) is 0 Å². The Labute approximate surface area is 118 Å². The van der Waals surface area contributed by atoms with Crippen LogP contribution < -0.4 is 10.1 Å². The molecule has 19 heavy (non-hydrogen) atoms. The summed E-state index contributed by atoms with van der Waals surface area (Å²) < 4.78 is 5.69. The summed E-state index contributed by atoms with van der Waals surface area (Å²) in [6, 6.07) is 10.2. The Balaban J connectivity index is 1.87. The molecule has 0 bridgehead atoms. The van der Waals surface area contributed by atoms with E-state index in [0.717, 1.165) is 23.7 Å². The van der Waals surface area contributed by atoms with Gasteiger partial charge in [0.05, 0.1) is 0 Å². The van der Waals surface area contributed by atoms with E-state index in [9.17, 15) is 0 Å². The van der Waals surface area contributed by atoms with Crippen molar-refractivity contribution < 1.29 is 4.74 Å². The summed E-state index contributed by atoms with van der Waals surface area (Å²) in [6.07, 6.45) is 3.09. The van der Waals surface area contributed by atoms with Crippen LogP contribution in [0, 0.1) is 0 Å². The van der Waals surface area contributed by atoms with E-state index in [2.05, 4.69) is 24.1 Å². The Kier molecular flexibility index (Phi) is 5.36. The molecule has 0 aliphatic carbocycles. The van der Waals surface area contributed by atoms with Crippen molar-refractivity contribution in [2.45, 2.75) is 32.9 Å². The molecule has 0 saturated carbocycles. The Morgan fingerprint density at radius 2 is 2.11 bits per heavy atom. The summed E-state index contributed by atoms with van der Waals surface area (Å²) in [5, 5.41) is 4.48.